The van der Waals surface area contributed by atoms with Gasteiger partial charge < -0.3 is 0 Å². The first kappa shape index (κ1) is 13.6. The molecule has 104 valence electrons. The van der Waals surface area contributed by atoms with Gasteiger partial charge in [-0.25, -0.2) is 0 Å². The highest BCUT2D eigenvalue weighted by molar-refractivity contribution is 5.76. The minimum absolute atomic E-state index is 0.352. The average Bonchev–Trinajstić information content (AvgIpc) is 2.74. The van der Waals surface area contributed by atoms with Crippen LogP contribution in [0.15, 0.2) is 78.9 Å². The summed E-state index contributed by atoms with van der Waals surface area (Å²) in [5.74, 6) is 0.352. The van der Waals surface area contributed by atoms with Crippen molar-refractivity contribution in [2.24, 2.45) is 0 Å². The molecule has 0 aromatic heterocycles. The lowest BCUT2D eigenvalue weighted by molar-refractivity contribution is 1.06. The van der Waals surface area contributed by atoms with E-state index in [1.807, 2.05) is 0 Å². The van der Waals surface area contributed by atoms with E-state index in [1.54, 1.807) is 0 Å². The third-order valence-corrected chi connectivity index (χ3v) is 4.01. The topological polar surface area (TPSA) is 0 Å². The van der Waals surface area contributed by atoms with Crippen LogP contribution in [0, 0.1) is 13.8 Å². The minimum atomic E-state index is 0.352. The molecule has 0 spiro atoms. The first-order valence-corrected chi connectivity index (χ1v) is 7.43. The van der Waals surface area contributed by atoms with Crippen molar-refractivity contribution in [2.75, 3.05) is 0 Å². The summed E-state index contributed by atoms with van der Waals surface area (Å²) in [4.78, 5) is 0. The van der Waals surface area contributed by atoms with Gasteiger partial charge in [-0.2, -0.15) is 0 Å². The second-order valence-corrected chi connectivity index (χ2v) is 5.61. The van der Waals surface area contributed by atoms with Crippen LogP contribution in [0.4, 0.5) is 0 Å². The number of hydrogen-bond acceptors (Lipinski definition) is 0. The van der Waals surface area contributed by atoms with Crippen LogP contribution in [0.2, 0.25) is 0 Å². The van der Waals surface area contributed by atoms with Crippen LogP contribution in [0.5, 0.6) is 0 Å². The largest absolute Gasteiger partial charge is 0.0732 e. The molecule has 0 nitrogen and oxygen atoms in total. The molecule has 1 atom stereocenters. The highest BCUT2D eigenvalue weighted by atomic mass is 14.1. The second-order valence-electron chi connectivity index (χ2n) is 5.61. The predicted octanol–water partition coefficient (Wildman–Crippen LogP) is 5.60. The molecule has 1 aliphatic carbocycles. The Kier molecular flexibility index (Phi) is 3.87. The van der Waals surface area contributed by atoms with Crippen molar-refractivity contribution in [3.05, 3.63) is 101 Å². The molecule has 0 aliphatic heterocycles. The lowest BCUT2D eigenvalue weighted by atomic mass is 9.94. The monoisotopic (exact) mass is 272 g/mol. The molecule has 21 heavy (non-hydrogen) atoms. The van der Waals surface area contributed by atoms with Gasteiger partial charge in [0, 0.05) is 5.92 Å². The van der Waals surface area contributed by atoms with Crippen molar-refractivity contribution < 1.29 is 0 Å². The average molecular weight is 272 g/mol. The zero-order chi connectivity index (χ0) is 14.7. The van der Waals surface area contributed by atoms with Crippen molar-refractivity contribution >= 4 is 5.57 Å². The van der Waals surface area contributed by atoms with Crippen molar-refractivity contribution in [1.29, 1.82) is 0 Å². The van der Waals surface area contributed by atoms with E-state index >= 15 is 0 Å². The molecule has 0 heterocycles. The third-order valence-electron chi connectivity index (χ3n) is 4.01. The Balaban J connectivity index is 1.89. The van der Waals surface area contributed by atoms with Gasteiger partial charge in [0.25, 0.3) is 0 Å². The molecule has 3 rings (SSSR count). The summed E-state index contributed by atoms with van der Waals surface area (Å²) in [6.07, 6.45) is 11.2. The lowest BCUT2D eigenvalue weighted by Gasteiger charge is -2.11. The summed E-state index contributed by atoms with van der Waals surface area (Å²) in [6.45, 7) is 4.30. The van der Waals surface area contributed by atoms with Crippen LogP contribution in [-0.2, 0) is 0 Å². The van der Waals surface area contributed by atoms with Crippen molar-refractivity contribution in [2.45, 2.75) is 19.8 Å². The summed E-state index contributed by atoms with van der Waals surface area (Å²) < 4.78 is 0. The fraction of sp³-hybridized carbons (Fsp3) is 0.143. The van der Waals surface area contributed by atoms with E-state index in [0.717, 1.165) is 0 Å². The molecule has 0 saturated heterocycles. The second kappa shape index (κ2) is 5.97. The number of rotatable bonds is 2. The van der Waals surface area contributed by atoms with E-state index in [9.17, 15) is 0 Å². The number of allylic oxidation sites excluding steroid dienone is 6. The molecule has 0 radical (unpaired) electrons. The zero-order valence-corrected chi connectivity index (χ0v) is 12.6. The first-order valence-electron chi connectivity index (χ1n) is 7.43. The summed E-state index contributed by atoms with van der Waals surface area (Å²) in [5, 5.41) is 0. The molecule has 0 heteroatoms. The van der Waals surface area contributed by atoms with Crippen molar-refractivity contribution in [1.82, 2.24) is 0 Å². The summed E-state index contributed by atoms with van der Waals surface area (Å²) in [5.41, 5.74) is 6.55. The maximum absolute atomic E-state index is 2.29. The first-order chi connectivity index (χ1) is 10.2. The molecule has 0 N–H and O–H groups in total. The Labute approximate surface area is 127 Å². The highest BCUT2D eigenvalue weighted by Crippen LogP contribution is 2.27. The molecular formula is C21H20. The fourth-order valence-electron chi connectivity index (χ4n) is 2.71. The predicted molar refractivity (Wildman–Crippen MR) is 91.4 cm³/mol. The third kappa shape index (κ3) is 3.05. The minimum Gasteiger partial charge on any atom is -0.0732 e. The van der Waals surface area contributed by atoms with Crippen LogP contribution in [0.3, 0.4) is 0 Å². The normalized spacial score (nSPS) is 17.4. The van der Waals surface area contributed by atoms with Gasteiger partial charge in [0.15, 0.2) is 0 Å². The van der Waals surface area contributed by atoms with Crippen LogP contribution >= 0.6 is 0 Å². The van der Waals surface area contributed by atoms with E-state index < -0.39 is 0 Å². The number of benzene rings is 2. The van der Waals surface area contributed by atoms with Gasteiger partial charge in [0.1, 0.15) is 0 Å². The Bertz CT molecular complexity index is 712. The van der Waals surface area contributed by atoms with Crippen LogP contribution in [-0.4, -0.2) is 0 Å². The van der Waals surface area contributed by atoms with Gasteiger partial charge in [-0.05, 0) is 36.1 Å². The van der Waals surface area contributed by atoms with Gasteiger partial charge in [-0.3, -0.25) is 0 Å². The highest BCUT2D eigenvalue weighted by Gasteiger charge is 2.09. The van der Waals surface area contributed by atoms with Crippen molar-refractivity contribution in [3.8, 4) is 0 Å². The fourth-order valence-corrected chi connectivity index (χ4v) is 2.71. The zero-order valence-electron chi connectivity index (χ0n) is 12.6. The Morgan fingerprint density at radius 1 is 0.810 bits per heavy atom. The molecule has 0 bridgehead atoms. The summed E-state index contributed by atoms with van der Waals surface area (Å²) >= 11 is 0. The Hall–Kier alpha value is -2.34. The van der Waals surface area contributed by atoms with Crippen LogP contribution < -0.4 is 0 Å². The molecule has 2 aromatic carbocycles. The molecular weight excluding hydrogens is 252 g/mol. The maximum atomic E-state index is 2.29. The van der Waals surface area contributed by atoms with E-state index in [-0.39, 0.29) is 0 Å². The molecule has 0 fully saturated rings. The standard InChI is InChI=1S/C21H20/c1-16-10-12-19(13-11-16)18-7-5-8-20(15-14-18)21-9-4-3-6-17(21)2/h3-15,20H,1-2H3. The van der Waals surface area contributed by atoms with Crippen molar-refractivity contribution in [3.63, 3.8) is 0 Å². The Morgan fingerprint density at radius 3 is 2.33 bits per heavy atom. The van der Waals surface area contributed by atoms with Gasteiger partial charge in [0.05, 0.1) is 0 Å². The number of aryl methyl sites for hydroxylation is 2. The quantitative estimate of drug-likeness (QED) is 0.668. The lowest BCUT2D eigenvalue weighted by Crippen LogP contribution is -1.93. The summed E-state index contributed by atoms with van der Waals surface area (Å²) in [6, 6.07) is 17.3. The van der Waals surface area contributed by atoms with E-state index in [2.05, 4.69) is 92.8 Å². The van der Waals surface area contributed by atoms with E-state index in [0.29, 0.717) is 5.92 Å². The summed E-state index contributed by atoms with van der Waals surface area (Å²) in [7, 11) is 0. The number of hydrogen-bond donors (Lipinski definition) is 0. The van der Waals surface area contributed by atoms with Gasteiger partial charge >= 0.3 is 0 Å². The maximum Gasteiger partial charge on any atom is 0.0207 e. The van der Waals surface area contributed by atoms with Gasteiger partial charge in [-0.15, -0.1) is 0 Å². The van der Waals surface area contributed by atoms with E-state index in [1.165, 1.54) is 27.8 Å². The molecule has 2 aromatic rings. The van der Waals surface area contributed by atoms with Crippen LogP contribution in [0.25, 0.3) is 5.57 Å². The molecule has 0 amide bonds. The molecule has 0 saturated carbocycles. The molecule has 1 aliphatic rings. The van der Waals surface area contributed by atoms with E-state index in [4.69, 9.17) is 0 Å². The molecule has 1 unspecified atom stereocenters. The van der Waals surface area contributed by atoms with Gasteiger partial charge in [0.2, 0.25) is 0 Å². The van der Waals surface area contributed by atoms with Gasteiger partial charge in [-0.1, -0.05) is 84.5 Å². The Morgan fingerprint density at radius 2 is 1.57 bits per heavy atom. The SMILES string of the molecule is Cc1ccc(C2=CC=CC(c3ccccc3C)C=C2)cc1. The van der Waals surface area contributed by atoms with Crippen LogP contribution in [0.1, 0.15) is 28.2 Å². The smallest absolute Gasteiger partial charge is 0.0207 e.